The summed E-state index contributed by atoms with van der Waals surface area (Å²) in [5.74, 6) is -0.890. The summed E-state index contributed by atoms with van der Waals surface area (Å²) >= 11 is 2.89. The highest BCUT2D eigenvalue weighted by molar-refractivity contribution is 7.12. The summed E-state index contributed by atoms with van der Waals surface area (Å²) in [5, 5.41) is 9.81. The van der Waals surface area contributed by atoms with E-state index in [4.69, 9.17) is 4.74 Å². The Bertz CT molecular complexity index is 1210. The molecular weight excluding hydrogens is 499 g/mol. The van der Waals surface area contributed by atoms with Crippen LogP contribution in [0.5, 0.6) is 0 Å². The minimum absolute atomic E-state index is 0.132. The first-order valence-electron chi connectivity index (χ1n) is 11.9. The average molecular weight is 527 g/mol. The van der Waals surface area contributed by atoms with Gasteiger partial charge in [-0.3, -0.25) is 14.5 Å². The molecule has 0 spiro atoms. The third-order valence-corrected chi connectivity index (χ3v) is 8.15. The van der Waals surface area contributed by atoms with Crippen molar-refractivity contribution >= 4 is 40.2 Å². The van der Waals surface area contributed by atoms with Crippen molar-refractivity contribution in [2.75, 3.05) is 45.9 Å². The maximum atomic E-state index is 14.8. The van der Waals surface area contributed by atoms with E-state index < -0.39 is 6.04 Å². The van der Waals surface area contributed by atoms with Gasteiger partial charge in [-0.05, 0) is 29.0 Å². The molecule has 0 aliphatic carbocycles. The summed E-state index contributed by atoms with van der Waals surface area (Å²) in [6.07, 6.45) is 0.417. The lowest BCUT2D eigenvalue weighted by molar-refractivity contribution is -0.133. The molecule has 0 radical (unpaired) electrons. The standard InChI is InChI=1S/C26H27FN4O3S2/c27-20-6-2-1-5-19(20)22-17-21(23-7-3-15-35-23)28-31(22)25(32)18-30(26(33)24-8-4-16-36-24)10-9-29-11-13-34-14-12-29/h1-8,15-16,22H,9-14,17-18H2. The van der Waals surface area contributed by atoms with Crippen molar-refractivity contribution in [3.8, 4) is 0 Å². The van der Waals surface area contributed by atoms with E-state index in [9.17, 15) is 14.0 Å². The van der Waals surface area contributed by atoms with E-state index in [2.05, 4.69) is 10.0 Å². The summed E-state index contributed by atoms with van der Waals surface area (Å²) < 4.78 is 20.2. The summed E-state index contributed by atoms with van der Waals surface area (Å²) in [6, 6.07) is 13.4. The smallest absolute Gasteiger partial charge is 0.264 e. The molecule has 2 aromatic heterocycles. The van der Waals surface area contributed by atoms with E-state index in [1.807, 2.05) is 29.0 Å². The second kappa shape index (κ2) is 11.4. The van der Waals surface area contributed by atoms with Gasteiger partial charge in [0.05, 0.1) is 34.7 Å². The predicted molar refractivity (Wildman–Crippen MR) is 139 cm³/mol. The van der Waals surface area contributed by atoms with E-state index in [1.165, 1.54) is 33.7 Å². The lowest BCUT2D eigenvalue weighted by Crippen LogP contribution is -2.46. The molecular formula is C26H27FN4O3S2. The van der Waals surface area contributed by atoms with Crippen molar-refractivity contribution in [3.05, 3.63) is 80.4 Å². The van der Waals surface area contributed by atoms with Crippen molar-refractivity contribution in [1.29, 1.82) is 0 Å². The summed E-state index contributed by atoms with van der Waals surface area (Å²) in [4.78, 5) is 32.3. The summed E-state index contributed by atoms with van der Waals surface area (Å²) in [6.45, 7) is 3.84. The van der Waals surface area contributed by atoms with Gasteiger partial charge in [-0.1, -0.05) is 30.3 Å². The first-order valence-corrected chi connectivity index (χ1v) is 13.7. The molecule has 1 unspecified atom stereocenters. The molecule has 0 saturated carbocycles. The van der Waals surface area contributed by atoms with Crippen LogP contribution in [0.4, 0.5) is 4.39 Å². The molecule has 10 heteroatoms. The summed E-state index contributed by atoms with van der Waals surface area (Å²) in [5.41, 5.74) is 1.17. The molecule has 5 rings (SSSR count). The van der Waals surface area contributed by atoms with E-state index in [0.29, 0.717) is 43.2 Å². The van der Waals surface area contributed by atoms with E-state index in [0.717, 1.165) is 23.7 Å². The largest absolute Gasteiger partial charge is 0.379 e. The van der Waals surface area contributed by atoms with Crippen LogP contribution in [0, 0.1) is 5.82 Å². The molecule has 1 aromatic carbocycles. The van der Waals surface area contributed by atoms with Crippen molar-refractivity contribution in [2.24, 2.45) is 5.10 Å². The van der Waals surface area contributed by atoms with Gasteiger partial charge in [-0.2, -0.15) is 5.10 Å². The van der Waals surface area contributed by atoms with Crippen LogP contribution >= 0.6 is 22.7 Å². The first kappa shape index (κ1) is 24.8. The van der Waals surface area contributed by atoms with E-state index >= 15 is 0 Å². The minimum atomic E-state index is -0.561. The van der Waals surface area contributed by atoms with Crippen LogP contribution in [0.25, 0.3) is 0 Å². The second-order valence-corrected chi connectivity index (χ2v) is 10.6. The molecule has 3 aromatic rings. The van der Waals surface area contributed by atoms with Gasteiger partial charge in [0.25, 0.3) is 11.8 Å². The van der Waals surface area contributed by atoms with Crippen molar-refractivity contribution in [1.82, 2.24) is 14.8 Å². The van der Waals surface area contributed by atoms with Gasteiger partial charge in [0, 0.05) is 38.2 Å². The van der Waals surface area contributed by atoms with Crippen LogP contribution in [0.1, 0.15) is 32.6 Å². The lowest BCUT2D eigenvalue weighted by Gasteiger charge is -2.31. The number of hydrogen-bond acceptors (Lipinski definition) is 7. The number of ether oxygens (including phenoxy) is 1. The Morgan fingerprint density at radius 2 is 1.83 bits per heavy atom. The highest BCUT2D eigenvalue weighted by atomic mass is 32.1. The Balaban J connectivity index is 1.38. The number of benzene rings is 1. The van der Waals surface area contributed by atoms with Gasteiger partial charge >= 0.3 is 0 Å². The topological polar surface area (TPSA) is 65.5 Å². The number of hydrogen-bond donors (Lipinski definition) is 0. The van der Waals surface area contributed by atoms with Gasteiger partial charge in [-0.15, -0.1) is 22.7 Å². The van der Waals surface area contributed by atoms with E-state index in [1.54, 1.807) is 29.2 Å². The van der Waals surface area contributed by atoms with Crippen LogP contribution in [0.2, 0.25) is 0 Å². The third-order valence-electron chi connectivity index (χ3n) is 6.37. The zero-order chi connectivity index (χ0) is 24.9. The molecule has 0 N–H and O–H groups in total. The molecule has 7 nitrogen and oxygen atoms in total. The fourth-order valence-corrected chi connectivity index (χ4v) is 5.86. The van der Waals surface area contributed by atoms with Crippen LogP contribution < -0.4 is 0 Å². The zero-order valence-corrected chi connectivity index (χ0v) is 21.3. The molecule has 0 bridgehead atoms. The lowest BCUT2D eigenvalue weighted by atomic mass is 10.0. The summed E-state index contributed by atoms with van der Waals surface area (Å²) in [7, 11) is 0. The molecule has 1 fully saturated rings. The predicted octanol–water partition coefficient (Wildman–Crippen LogP) is 4.10. The monoisotopic (exact) mass is 526 g/mol. The highest BCUT2D eigenvalue weighted by Crippen LogP contribution is 2.35. The Labute approximate surface area is 217 Å². The number of amides is 2. The Kier molecular flexibility index (Phi) is 7.86. The minimum Gasteiger partial charge on any atom is -0.379 e. The number of nitrogens with zero attached hydrogens (tertiary/aromatic N) is 4. The van der Waals surface area contributed by atoms with Crippen LogP contribution in [0.3, 0.4) is 0 Å². The number of hydrazone groups is 1. The number of thiophene rings is 2. The molecule has 36 heavy (non-hydrogen) atoms. The molecule has 2 aliphatic heterocycles. The Morgan fingerprint density at radius 1 is 1.06 bits per heavy atom. The first-order chi connectivity index (χ1) is 17.6. The number of halogens is 1. The number of morpholine rings is 1. The Morgan fingerprint density at radius 3 is 2.56 bits per heavy atom. The zero-order valence-electron chi connectivity index (χ0n) is 19.7. The van der Waals surface area contributed by atoms with E-state index in [-0.39, 0.29) is 24.2 Å². The molecule has 1 atom stereocenters. The van der Waals surface area contributed by atoms with Crippen molar-refractivity contribution < 1.29 is 18.7 Å². The van der Waals surface area contributed by atoms with Gasteiger partial charge in [-0.25, -0.2) is 9.40 Å². The fourth-order valence-electron chi connectivity index (χ4n) is 4.45. The quantitative estimate of drug-likeness (QED) is 0.443. The molecule has 4 heterocycles. The fraction of sp³-hybridized carbons (Fsp3) is 0.346. The third kappa shape index (κ3) is 5.57. The van der Waals surface area contributed by atoms with Crippen LogP contribution in [-0.4, -0.2) is 78.3 Å². The van der Waals surface area contributed by atoms with Crippen molar-refractivity contribution in [3.63, 3.8) is 0 Å². The second-order valence-electron chi connectivity index (χ2n) is 8.66. The van der Waals surface area contributed by atoms with Gasteiger partial charge < -0.3 is 9.64 Å². The molecule has 1 saturated heterocycles. The number of carbonyl (C=O) groups is 2. The molecule has 2 aliphatic rings. The SMILES string of the molecule is O=C(c1cccs1)N(CCN1CCOCC1)CC(=O)N1N=C(c2cccs2)CC1c1ccccc1F. The maximum absolute atomic E-state index is 14.8. The number of carbonyl (C=O) groups excluding carboxylic acids is 2. The average Bonchev–Trinajstić information content (AvgIpc) is 3.68. The number of rotatable bonds is 8. The van der Waals surface area contributed by atoms with Crippen LogP contribution in [-0.2, 0) is 9.53 Å². The van der Waals surface area contributed by atoms with Gasteiger partial charge in [0.1, 0.15) is 12.4 Å². The normalized spacial score (nSPS) is 18.3. The molecule has 2 amide bonds. The van der Waals surface area contributed by atoms with Crippen LogP contribution in [0.15, 0.2) is 64.4 Å². The van der Waals surface area contributed by atoms with Crippen molar-refractivity contribution in [2.45, 2.75) is 12.5 Å². The molecule has 188 valence electrons. The maximum Gasteiger partial charge on any atom is 0.264 e. The van der Waals surface area contributed by atoms with Gasteiger partial charge in [0.15, 0.2) is 0 Å². The highest BCUT2D eigenvalue weighted by Gasteiger charge is 2.36. The van der Waals surface area contributed by atoms with Gasteiger partial charge in [0.2, 0.25) is 0 Å². The Hall–Kier alpha value is -2.92.